The molecule has 0 aliphatic rings. The van der Waals surface area contributed by atoms with Crippen LogP contribution >= 0.6 is 11.8 Å². The zero-order valence-corrected chi connectivity index (χ0v) is 13.2. The molecule has 1 aromatic carbocycles. The summed E-state index contributed by atoms with van der Waals surface area (Å²) in [6, 6.07) is 2.81. The monoisotopic (exact) mass is 303 g/mol. The van der Waals surface area contributed by atoms with Crippen molar-refractivity contribution in [1.29, 1.82) is 0 Å². The quantitative estimate of drug-likeness (QED) is 0.553. The largest absolute Gasteiger partial charge is 0.383 e. The Hall–Kier alpha value is -0.650. The van der Waals surface area contributed by atoms with E-state index < -0.39 is 11.6 Å². The Balaban J connectivity index is 2.57. The lowest BCUT2D eigenvalue weighted by molar-refractivity contribution is 0.199. The first kappa shape index (κ1) is 17.4. The van der Waals surface area contributed by atoms with E-state index in [1.165, 1.54) is 23.9 Å². The first-order valence-corrected chi connectivity index (χ1v) is 7.83. The normalized spacial score (nSPS) is 11.3. The maximum Gasteiger partial charge on any atom is 0.140 e. The van der Waals surface area contributed by atoms with Crippen LogP contribution in [0.5, 0.6) is 0 Å². The van der Waals surface area contributed by atoms with Crippen molar-refractivity contribution in [1.82, 2.24) is 5.32 Å². The number of ether oxygens (including phenoxy) is 1. The van der Waals surface area contributed by atoms with Gasteiger partial charge >= 0.3 is 0 Å². The number of methoxy groups -OCH3 is 1. The second-order valence-corrected chi connectivity index (χ2v) is 6.19. The maximum atomic E-state index is 13.9. The van der Waals surface area contributed by atoms with Crippen LogP contribution in [0.3, 0.4) is 0 Å². The molecule has 0 spiro atoms. The minimum Gasteiger partial charge on any atom is -0.383 e. The number of hydrogen-bond donors (Lipinski definition) is 1. The molecule has 0 aliphatic heterocycles. The molecule has 5 heteroatoms. The first-order chi connectivity index (χ1) is 9.54. The minimum absolute atomic E-state index is 0.131. The summed E-state index contributed by atoms with van der Waals surface area (Å²) in [4.78, 5) is 0.131. The number of thioether (sulfide) groups is 1. The number of hydrogen-bond acceptors (Lipinski definition) is 3. The molecule has 0 radical (unpaired) electrons. The van der Waals surface area contributed by atoms with Gasteiger partial charge < -0.3 is 10.1 Å². The zero-order valence-electron chi connectivity index (χ0n) is 12.3. The Kier molecular flexibility index (Phi) is 8.11. The van der Waals surface area contributed by atoms with Crippen LogP contribution in [0.25, 0.3) is 0 Å². The maximum absolute atomic E-state index is 13.9. The molecular weight excluding hydrogens is 280 g/mol. The Bertz CT molecular complexity index is 390. The molecule has 0 atom stereocenters. The van der Waals surface area contributed by atoms with E-state index in [1.807, 2.05) is 0 Å². The van der Waals surface area contributed by atoms with Gasteiger partial charge in [-0.1, -0.05) is 13.8 Å². The number of benzene rings is 1. The van der Waals surface area contributed by atoms with E-state index in [0.717, 1.165) is 12.2 Å². The lowest BCUT2D eigenvalue weighted by Gasteiger charge is -2.10. The fourth-order valence-corrected chi connectivity index (χ4v) is 2.84. The molecule has 2 nitrogen and oxygen atoms in total. The lowest BCUT2D eigenvalue weighted by atomic mass is 10.2. The van der Waals surface area contributed by atoms with Crippen molar-refractivity contribution in [3.05, 3.63) is 29.3 Å². The van der Waals surface area contributed by atoms with Gasteiger partial charge in [-0.3, -0.25) is 0 Å². The second-order valence-electron chi connectivity index (χ2n) is 5.09. The van der Waals surface area contributed by atoms with E-state index >= 15 is 0 Å². The van der Waals surface area contributed by atoms with E-state index in [9.17, 15) is 8.78 Å². The number of nitrogens with one attached hydrogen (secondary N) is 1. The highest BCUT2D eigenvalue weighted by Crippen LogP contribution is 2.27. The summed E-state index contributed by atoms with van der Waals surface area (Å²) in [7, 11) is 1.62. The first-order valence-electron chi connectivity index (χ1n) is 6.85. The summed E-state index contributed by atoms with van der Waals surface area (Å²) in [5.41, 5.74) is 0.615. The molecule has 114 valence electrons. The van der Waals surface area contributed by atoms with Crippen LogP contribution in [0.2, 0.25) is 0 Å². The smallest absolute Gasteiger partial charge is 0.140 e. The summed E-state index contributed by atoms with van der Waals surface area (Å²) >= 11 is 1.25. The molecule has 0 unspecified atom stereocenters. The Morgan fingerprint density at radius 1 is 1.25 bits per heavy atom. The SMILES string of the molecule is COCCNCc1cc(F)c(SCCC(C)C)c(F)c1. The van der Waals surface area contributed by atoms with Crippen molar-refractivity contribution in [2.45, 2.75) is 31.7 Å². The van der Waals surface area contributed by atoms with E-state index in [0.29, 0.717) is 31.2 Å². The topological polar surface area (TPSA) is 21.3 Å². The molecule has 1 rings (SSSR count). The van der Waals surface area contributed by atoms with Gasteiger partial charge in [-0.25, -0.2) is 8.78 Å². The Morgan fingerprint density at radius 2 is 1.90 bits per heavy atom. The average Bonchev–Trinajstić information content (AvgIpc) is 2.37. The van der Waals surface area contributed by atoms with Crippen LogP contribution in [0.1, 0.15) is 25.8 Å². The van der Waals surface area contributed by atoms with Gasteiger partial charge in [-0.05, 0) is 35.8 Å². The number of halogens is 2. The molecule has 0 aliphatic carbocycles. The summed E-state index contributed by atoms with van der Waals surface area (Å²) < 4.78 is 32.7. The predicted molar refractivity (Wildman–Crippen MR) is 80.1 cm³/mol. The van der Waals surface area contributed by atoms with Crippen molar-refractivity contribution in [2.75, 3.05) is 26.0 Å². The van der Waals surface area contributed by atoms with E-state index in [-0.39, 0.29) is 4.90 Å². The molecule has 0 aromatic heterocycles. The second kappa shape index (κ2) is 9.32. The summed E-state index contributed by atoms with van der Waals surface area (Å²) in [5.74, 6) is 0.333. The average molecular weight is 303 g/mol. The molecule has 0 bridgehead atoms. The van der Waals surface area contributed by atoms with Crippen LogP contribution in [-0.2, 0) is 11.3 Å². The molecular formula is C15H23F2NOS. The highest BCUT2D eigenvalue weighted by molar-refractivity contribution is 7.99. The minimum atomic E-state index is -0.470. The summed E-state index contributed by atoms with van der Waals surface area (Å²) in [6.45, 7) is 5.87. The molecule has 1 aromatic rings. The highest BCUT2D eigenvalue weighted by atomic mass is 32.2. The Morgan fingerprint density at radius 3 is 2.45 bits per heavy atom. The molecule has 20 heavy (non-hydrogen) atoms. The van der Waals surface area contributed by atoms with E-state index in [4.69, 9.17) is 4.74 Å². The van der Waals surface area contributed by atoms with Gasteiger partial charge in [0.25, 0.3) is 0 Å². The van der Waals surface area contributed by atoms with Gasteiger partial charge in [0.1, 0.15) is 11.6 Å². The third-order valence-electron chi connectivity index (χ3n) is 2.81. The standard InChI is InChI=1S/C15H23F2NOS/c1-11(2)4-7-20-15-13(16)8-12(9-14(15)17)10-18-5-6-19-3/h8-9,11,18H,4-7,10H2,1-3H3. The predicted octanol–water partition coefficient (Wildman–Crippen LogP) is 3.84. The van der Waals surface area contributed by atoms with E-state index in [2.05, 4.69) is 19.2 Å². The van der Waals surface area contributed by atoms with E-state index in [1.54, 1.807) is 7.11 Å². The van der Waals surface area contributed by atoms with Crippen LogP contribution in [0.15, 0.2) is 17.0 Å². The molecule has 0 fully saturated rings. The van der Waals surface area contributed by atoms with Gasteiger partial charge in [-0.15, -0.1) is 11.8 Å². The van der Waals surface area contributed by atoms with Gasteiger partial charge in [0, 0.05) is 20.2 Å². The number of rotatable bonds is 9. The van der Waals surface area contributed by atoms with Crippen LogP contribution in [0, 0.1) is 17.6 Å². The highest BCUT2D eigenvalue weighted by Gasteiger charge is 2.12. The van der Waals surface area contributed by atoms with Crippen molar-refractivity contribution in [3.63, 3.8) is 0 Å². The molecule has 0 heterocycles. The van der Waals surface area contributed by atoms with Gasteiger partial charge in [0.2, 0.25) is 0 Å². The fraction of sp³-hybridized carbons (Fsp3) is 0.600. The third kappa shape index (κ3) is 6.20. The molecule has 0 saturated carbocycles. The van der Waals surface area contributed by atoms with Crippen LogP contribution < -0.4 is 5.32 Å². The molecule has 1 N–H and O–H groups in total. The molecule has 0 amide bonds. The van der Waals surface area contributed by atoms with Crippen molar-refractivity contribution in [2.24, 2.45) is 5.92 Å². The van der Waals surface area contributed by atoms with Crippen molar-refractivity contribution < 1.29 is 13.5 Å². The van der Waals surface area contributed by atoms with Crippen molar-refractivity contribution in [3.8, 4) is 0 Å². The van der Waals surface area contributed by atoms with Crippen LogP contribution in [0.4, 0.5) is 8.78 Å². The Labute approximate surface area is 124 Å². The third-order valence-corrected chi connectivity index (χ3v) is 3.93. The fourth-order valence-electron chi connectivity index (χ4n) is 1.66. The molecule has 0 saturated heterocycles. The summed E-state index contributed by atoms with van der Waals surface area (Å²) in [6.07, 6.45) is 0.948. The van der Waals surface area contributed by atoms with Gasteiger partial charge in [-0.2, -0.15) is 0 Å². The summed E-state index contributed by atoms with van der Waals surface area (Å²) in [5, 5.41) is 3.07. The van der Waals surface area contributed by atoms with Crippen molar-refractivity contribution >= 4 is 11.8 Å². The van der Waals surface area contributed by atoms with Crippen LogP contribution in [-0.4, -0.2) is 26.0 Å². The van der Waals surface area contributed by atoms with Gasteiger partial charge in [0.15, 0.2) is 0 Å². The zero-order chi connectivity index (χ0) is 15.0. The lowest BCUT2D eigenvalue weighted by Crippen LogP contribution is -2.18. The van der Waals surface area contributed by atoms with Gasteiger partial charge in [0.05, 0.1) is 11.5 Å².